The minimum atomic E-state index is -1.07. The maximum atomic E-state index is 13.0. The first kappa shape index (κ1) is 22.5. The Balaban J connectivity index is 1.37. The first-order chi connectivity index (χ1) is 14.6. The Kier molecular flexibility index (Phi) is 6.02. The van der Waals surface area contributed by atoms with Crippen LogP contribution >= 0.6 is 31.9 Å². The zero-order valence-electron chi connectivity index (χ0n) is 17.4. The van der Waals surface area contributed by atoms with Gasteiger partial charge in [0.15, 0.2) is 6.61 Å². The molecular weight excluding hydrogens is 532 g/mol. The number of benzene rings is 1. The Morgan fingerprint density at radius 1 is 1.13 bits per heavy atom. The van der Waals surface area contributed by atoms with E-state index in [0.29, 0.717) is 5.69 Å². The molecule has 1 heterocycles. The van der Waals surface area contributed by atoms with Crippen LogP contribution in [0, 0.1) is 37.5 Å². The first-order valence-corrected chi connectivity index (χ1v) is 12.1. The Bertz CT molecular complexity index is 935. The molecular formula is C22H24Br2N2O5. The summed E-state index contributed by atoms with van der Waals surface area (Å²) in [6.07, 6.45) is 0.823. The van der Waals surface area contributed by atoms with Crippen molar-refractivity contribution in [2.45, 2.75) is 42.9 Å². The molecule has 1 aliphatic heterocycles. The van der Waals surface area contributed by atoms with Gasteiger partial charge < -0.3 is 10.1 Å². The quantitative estimate of drug-likeness (QED) is 0.342. The Hall–Kier alpha value is -1.74. The summed E-state index contributed by atoms with van der Waals surface area (Å²) in [5.74, 6) is -2.49. The van der Waals surface area contributed by atoms with Crippen LogP contribution in [0.25, 0.3) is 0 Å². The molecule has 1 aromatic rings. The molecule has 166 valence electrons. The summed E-state index contributed by atoms with van der Waals surface area (Å²) in [6.45, 7) is 4.77. The predicted molar refractivity (Wildman–Crippen MR) is 121 cm³/mol. The molecule has 3 fully saturated rings. The average molecular weight is 556 g/mol. The van der Waals surface area contributed by atoms with Crippen LogP contribution in [0.4, 0.5) is 5.69 Å². The topological polar surface area (TPSA) is 92.8 Å². The van der Waals surface area contributed by atoms with E-state index in [1.54, 1.807) is 0 Å². The van der Waals surface area contributed by atoms with Gasteiger partial charge in [0.05, 0.1) is 11.8 Å². The van der Waals surface area contributed by atoms with Gasteiger partial charge in [0.1, 0.15) is 6.04 Å². The van der Waals surface area contributed by atoms with Crippen molar-refractivity contribution in [1.82, 2.24) is 4.90 Å². The molecule has 3 aliphatic rings. The van der Waals surface area contributed by atoms with Crippen LogP contribution < -0.4 is 5.32 Å². The third-order valence-corrected chi connectivity index (χ3v) is 9.97. The van der Waals surface area contributed by atoms with E-state index in [1.165, 1.54) is 6.92 Å². The lowest BCUT2D eigenvalue weighted by molar-refractivity contribution is -0.159. The van der Waals surface area contributed by atoms with E-state index in [1.807, 2.05) is 32.0 Å². The van der Waals surface area contributed by atoms with Gasteiger partial charge in [-0.15, -0.1) is 0 Å². The second kappa shape index (κ2) is 8.31. The summed E-state index contributed by atoms with van der Waals surface area (Å²) in [6, 6.07) is 4.60. The number of imide groups is 1. The van der Waals surface area contributed by atoms with Crippen molar-refractivity contribution < 1.29 is 23.9 Å². The third kappa shape index (κ3) is 3.73. The van der Waals surface area contributed by atoms with Crippen molar-refractivity contribution in [3.8, 4) is 0 Å². The molecule has 0 radical (unpaired) electrons. The highest BCUT2D eigenvalue weighted by atomic mass is 79.9. The molecule has 7 atom stereocenters. The van der Waals surface area contributed by atoms with E-state index in [9.17, 15) is 19.2 Å². The molecule has 9 heteroatoms. The van der Waals surface area contributed by atoms with Crippen LogP contribution in [0.3, 0.4) is 0 Å². The molecule has 31 heavy (non-hydrogen) atoms. The third-order valence-electron chi connectivity index (χ3n) is 6.76. The Morgan fingerprint density at radius 3 is 2.29 bits per heavy atom. The molecule has 3 amide bonds. The van der Waals surface area contributed by atoms with Crippen LogP contribution in [0.1, 0.15) is 24.5 Å². The highest BCUT2D eigenvalue weighted by molar-refractivity contribution is 9.12. The number of hydrogen-bond donors (Lipinski definition) is 1. The molecule has 1 saturated heterocycles. The molecule has 0 aromatic heterocycles. The summed E-state index contributed by atoms with van der Waals surface area (Å²) >= 11 is 7.29. The number of aryl methyl sites for hydroxylation is 2. The molecule has 2 aliphatic carbocycles. The number of carbonyl (C=O) groups excluding carboxylic acids is 4. The van der Waals surface area contributed by atoms with Crippen LogP contribution in [-0.4, -0.2) is 50.9 Å². The number of fused-ring (bicyclic) bond motifs is 5. The summed E-state index contributed by atoms with van der Waals surface area (Å²) in [7, 11) is 0. The highest BCUT2D eigenvalue weighted by Crippen LogP contribution is 2.60. The normalized spacial score (nSPS) is 32.2. The number of amides is 3. The van der Waals surface area contributed by atoms with Gasteiger partial charge in [-0.25, -0.2) is 4.79 Å². The lowest BCUT2D eigenvalue weighted by Crippen LogP contribution is -2.45. The monoisotopic (exact) mass is 554 g/mol. The smallest absolute Gasteiger partial charge is 0.329 e. The number of anilines is 1. The Morgan fingerprint density at radius 2 is 1.71 bits per heavy atom. The van der Waals surface area contributed by atoms with E-state index >= 15 is 0 Å². The zero-order valence-corrected chi connectivity index (χ0v) is 20.6. The second-order valence-corrected chi connectivity index (χ2v) is 10.8. The molecule has 1 aromatic carbocycles. The predicted octanol–water partition coefficient (Wildman–Crippen LogP) is 2.95. The lowest BCUT2D eigenvalue weighted by atomic mass is 9.81. The van der Waals surface area contributed by atoms with Crippen molar-refractivity contribution in [3.63, 3.8) is 0 Å². The van der Waals surface area contributed by atoms with E-state index in [2.05, 4.69) is 37.2 Å². The molecule has 2 bridgehead atoms. The molecule has 0 spiro atoms. The van der Waals surface area contributed by atoms with E-state index < -0.39 is 36.4 Å². The number of likely N-dealkylation sites (tertiary alicyclic amines) is 1. The van der Waals surface area contributed by atoms with Gasteiger partial charge in [-0.1, -0.05) is 44.0 Å². The van der Waals surface area contributed by atoms with Gasteiger partial charge in [0, 0.05) is 15.3 Å². The van der Waals surface area contributed by atoms with Crippen molar-refractivity contribution in [2.75, 3.05) is 11.9 Å². The number of alkyl halides is 2. The minimum Gasteiger partial charge on any atom is -0.454 e. The van der Waals surface area contributed by atoms with Crippen LogP contribution in [0.15, 0.2) is 18.2 Å². The van der Waals surface area contributed by atoms with Crippen LogP contribution in [-0.2, 0) is 23.9 Å². The van der Waals surface area contributed by atoms with Gasteiger partial charge in [-0.2, -0.15) is 0 Å². The number of ether oxygens (including phenoxy) is 1. The lowest BCUT2D eigenvalue weighted by Gasteiger charge is -2.28. The summed E-state index contributed by atoms with van der Waals surface area (Å²) in [4.78, 5) is 52.1. The fraction of sp³-hybridized carbons (Fsp3) is 0.545. The van der Waals surface area contributed by atoms with Crippen molar-refractivity contribution >= 4 is 61.2 Å². The number of carbonyl (C=O) groups is 4. The maximum absolute atomic E-state index is 13.0. The summed E-state index contributed by atoms with van der Waals surface area (Å²) in [5.41, 5.74) is 2.53. The largest absolute Gasteiger partial charge is 0.454 e. The first-order valence-electron chi connectivity index (χ1n) is 10.3. The number of esters is 1. The summed E-state index contributed by atoms with van der Waals surface area (Å²) < 4.78 is 5.14. The number of rotatable bonds is 5. The van der Waals surface area contributed by atoms with E-state index in [-0.39, 0.29) is 33.3 Å². The van der Waals surface area contributed by atoms with Gasteiger partial charge in [0.2, 0.25) is 11.8 Å². The SMILES string of the molecule is Cc1ccc(C)c(NC(=O)COC(=O)[C@H](C)N2C(=O)[C@@H]3[C@H]4C[C@@H]([C@H](Br)[C@H]4Br)[C@H]3C2=O)c1. The van der Waals surface area contributed by atoms with Crippen LogP contribution in [0.2, 0.25) is 0 Å². The highest BCUT2D eigenvalue weighted by Gasteiger charge is 2.67. The van der Waals surface area contributed by atoms with E-state index in [0.717, 1.165) is 22.4 Å². The molecule has 4 rings (SSSR count). The van der Waals surface area contributed by atoms with Gasteiger partial charge in [0.25, 0.3) is 5.91 Å². The zero-order chi connectivity index (χ0) is 22.6. The van der Waals surface area contributed by atoms with Gasteiger partial charge >= 0.3 is 5.97 Å². The second-order valence-electron chi connectivity index (χ2n) is 8.70. The van der Waals surface area contributed by atoms with Gasteiger partial charge in [-0.05, 0) is 56.2 Å². The summed E-state index contributed by atoms with van der Waals surface area (Å²) in [5, 5.41) is 2.72. The molecule has 2 saturated carbocycles. The fourth-order valence-corrected chi connectivity index (χ4v) is 7.05. The molecule has 0 unspecified atom stereocenters. The number of nitrogens with zero attached hydrogens (tertiary/aromatic N) is 1. The standard InChI is InChI=1S/C22H24Br2N2O5/c1-9-4-5-10(2)14(6-9)25-15(27)8-31-22(30)11(3)26-20(28)16-12-7-13(17(16)21(26)29)19(24)18(12)23/h4-6,11-13,16-19H,7-8H2,1-3H3,(H,25,27)/t11-,12+,13+,16+,17+,18-,19-/m0/s1. The number of halogens is 2. The van der Waals surface area contributed by atoms with Crippen molar-refractivity contribution in [1.29, 1.82) is 0 Å². The number of nitrogens with one attached hydrogen (secondary N) is 1. The molecule has 1 N–H and O–H groups in total. The van der Waals surface area contributed by atoms with Crippen molar-refractivity contribution in [3.05, 3.63) is 29.3 Å². The Labute approximate surface area is 197 Å². The average Bonchev–Trinajstić information content (AvgIpc) is 3.33. The molecule has 7 nitrogen and oxygen atoms in total. The van der Waals surface area contributed by atoms with Crippen LogP contribution in [0.5, 0.6) is 0 Å². The maximum Gasteiger partial charge on any atom is 0.329 e. The fourth-order valence-electron chi connectivity index (χ4n) is 5.17. The van der Waals surface area contributed by atoms with E-state index in [4.69, 9.17) is 4.74 Å². The number of hydrogen-bond acceptors (Lipinski definition) is 5. The van der Waals surface area contributed by atoms with Gasteiger partial charge in [-0.3, -0.25) is 19.3 Å². The van der Waals surface area contributed by atoms with Crippen molar-refractivity contribution in [2.24, 2.45) is 23.7 Å². The minimum absolute atomic E-state index is 0.0763.